The Balaban J connectivity index is 1.58. The Labute approximate surface area is 224 Å². The number of aliphatic imine (C=N–C) groups is 1. The molecule has 0 radical (unpaired) electrons. The van der Waals surface area contributed by atoms with Gasteiger partial charge in [-0.1, -0.05) is 23.9 Å². The molecule has 9 nitrogen and oxygen atoms in total. The normalized spacial score (nSPS) is 14.2. The molecule has 0 aliphatic carbocycles. The second-order valence-corrected chi connectivity index (χ2v) is 9.90. The van der Waals surface area contributed by atoms with Gasteiger partial charge in [0, 0.05) is 27.5 Å². The minimum Gasteiger partial charge on any atom is -0.504 e. The number of rotatable bonds is 7. The van der Waals surface area contributed by atoms with E-state index < -0.39 is 6.04 Å². The first kappa shape index (κ1) is 25.3. The number of amides is 1. The number of nitrogens with one attached hydrogen (secondary N) is 1. The molecule has 0 spiro atoms. The second-order valence-electron chi connectivity index (χ2n) is 8.75. The van der Waals surface area contributed by atoms with Gasteiger partial charge in [-0.25, -0.2) is 0 Å². The van der Waals surface area contributed by atoms with Crippen molar-refractivity contribution in [2.75, 3.05) is 13.7 Å². The van der Waals surface area contributed by atoms with Crippen LogP contribution in [0.4, 0.5) is 0 Å². The van der Waals surface area contributed by atoms with Crippen LogP contribution >= 0.6 is 11.8 Å². The summed E-state index contributed by atoms with van der Waals surface area (Å²) in [6.07, 6.45) is 0.138. The fraction of sp³-hybridized carbons (Fsp3) is 0.214. The zero-order chi connectivity index (χ0) is 26.8. The first-order chi connectivity index (χ1) is 18.4. The van der Waals surface area contributed by atoms with Crippen LogP contribution in [-0.2, 0) is 4.79 Å². The number of aromatic hydroxyl groups is 2. The number of nitrogens with zero attached hydrogens (tertiary/aromatic N) is 4. The predicted octanol–water partition coefficient (Wildman–Crippen LogP) is 4.57. The van der Waals surface area contributed by atoms with Gasteiger partial charge in [0.1, 0.15) is 17.6 Å². The van der Waals surface area contributed by atoms with Crippen LogP contribution < -0.4 is 10.1 Å². The van der Waals surface area contributed by atoms with Gasteiger partial charge >= 0.3 is 0 Å². The van der Waals surface area contributed by atoms with Crippen molar-refractivity contribution in [3.8, 4) is 22.9 Å². The second kappa shape index (κ2) is 10.6. The standard InChI is InChI=1S/C28H27N5O4S/c1-4-29-26(36)15-22-28-32-31-16(2)33(28)23-11-7-18(37-3)13-21(23)27(30-22)17-5-8-19(9-6-17)38-20-10-12-24(34)25(35)14-20/h5-14,22,34-35H,4,15H2,1-3H3,(H,29,36)/t22-/m0/s1. The van der Waals surface area contributed by atoms with Crippen LogP contribution in [0.25, 0.3) is 5.69 Å². The summed E-state index contributed by atoms with van der Waals surface area (Å²) in [5.74, 6) is 1.57. The highest BCUT2D eigenvalue weighted by Crippen LogP contribution is 2.36. The van der Waals surface area contributed by atoms with Crippen molar-refractivity contribution >= 4 is 23.4 Å². The zero-order valence-corrected chi connectivity index (χ0v) is 22.0. The maximum Gasteiger partial charge on any atom is 0.222 e. The number of aryl methyl sites for hydroxylation is 1. The number of aromatic nitrogens is 3. The highest BCUT2D eigenvalue weighted by molar-refractivity contribution is 7.99. The van der Waals surface area contributed by atoms with Crippen LogP contribution in [0.3, 0.4) is 0 Å². The van der Waals surface area contributed by atoms with E-state index in [0.717, 1.165) is 32.3 Å². The molecule has 0 unspecified atom stereocenters. The number of ether oxygens (including phenoxy) is 1. The van der Waals surface area contributed by atoms with Crippen molar-refractivity contribution in [2.45, 2.75) is 36.1 Å². The van der Waals surface area contributed by atoms with Gasteiger partial charge in [-0.15, -0.1) is 10.2 Å². The van der Waals surface area contributed by atoms with Crippen LogP contribution in [-0.4, -0.2) is 50.3 Å². The van der Waals surface area contributed by atoms with Crippen LogP contribution in [0.1, 0.15) is 42.2 Å². The maximum atomic E-state index is 12.6. The summed E-state index contributed by atoms with van der Waals surface area (Å²) in [6, 6.07) is 17.9. The molecule has 0 saturated carbocycles. The Hall–Kier alpha value is -4.31. The summed E-state index contributed by atoms with van der Waals surface area (Å²) < 4.78 is 7.49. The third kappa shape index (κ3) is 4.95. The molecule has 10 heteroatoms. The number of fused-ring (bicyclic) bond motifs is 3. The van der Waals surface area contributed by atoms with Gasteiger partial charge in [-0.3, -0.25) is 14.4 Å². The van der Waals surface area contributed by atoms with Crippen LogP contribution in [0.15, 0.2) is 75.4 Å². The number of methoxy groups -OCH3 is 1. The Morgan fingerprint density at radius 3 is 2.50 bits per heavy atom. The van der Waals surface area contributed by atoms with E-state index in [1.165, 1.54) is 23.9 Å². The Kier molecular flexibility index (Phi) is 7.06. The molecule has 0 saturated heterocycles. The van der Waals surface area contributed by atoms with Gasteiger partial charge in [0.25, 0.3) is 0 Å². The summed E-state index contributed by atoms with van der Waals surface area (Å²) in [5, 5.41) is 31.0. The quantitative estimate of drug-likeness (QED) is 0.300. The zero-order valence-electron chi connectivity index (χ0n) is 21.2. The van der Waals surface area contributed by atoms with E-state index in [-0.39, 0.29) is 23.8 Å². The van der Waals surface area contributed by atoms with E-state index in [1.54, 1.807) is 13.2 Å². The summed E-state index contributed by atoms with van der Waals surface area (Å²) in [7, 11) is 1.62. The molecule has 1 aliphatic rings. The lowest BCUT2D eigenvalue weighted by molar-refractivity contribution is -0.121. The van der Waals surface area contributed by atoms with Gasteiger partial charge in [0.2, 0.25) is 5.91 Å². The van der Waals surface area contributed by atoms with Crippen LogP contribution in [0.2, 0.25) is 0 Å². The predicted molar refractivity (Wildman–Crippen MR) is 145 cm³/mol. The lowest BCUT2D eigenvalue weighted by Gasteiger charge is -2.14. The van der Waals surface area contributed by atoms with Crippen molar-refractivity contribution in [3.63, 3.8) is 0 Å². The van der Waals surface area contributed by atoms with E-state index in [9.17, 15) is 15.0 Å². The summed E-state index contributed by atoms with van der Waals surface area (Å²) in [5.41, 5.74) is 3.29. The molecule has 3 aromatic carbocycles. The lowest BCUT2D eigenvalue weighted by Crippen LogP contribution is -2.25. The van der Waals surface area contributed by atoms with Crippen LogP contribution in [0, 0.1) is 6.92 Å². The molecular weight excluding hydrogens is 502 g/mol. The topological polar surface area (TPSA) is 122 Å². The molecule has 1 atom stereocenters. The van der Waals surface area contributed by atoms with Crippen LogP contribution in [0.5, 0.6) is 17.2 Å². The Bertz CT molecular complexity index is 1530. The number of carbonyl (C=O) groups excluding carboxylic acids is 1. The van der Waals surface area contributed by atoms with Crippen molar-refractivity contribution in [3.05, 3.63) is 83.4 Å². The molecule has 1 amide bonds. The number of hydrogen-bond acceptors (Lipinski definition) is 8. The van der Waals surface area contributed by atoms with Gasteiger partial charge in [0.05, 0.1) is 24.9 Å². The molecule has 194 valence electrons. The molecule has 1 aliphatic heterocycles. The Morgan fingerprint density at radius 1 is 1.03 bits per heavy atom. The van der Waals surface area contributed by atoms with Gasteiger partial charge in [-0.2, -0.15) is 0 Å². The average molecular weight is 530 g/mol. The van der Waals surface area contributed by atoms with E-state index in [2.05, 4.69) is 15.5 Å². The molecule has 3 N–H and O–H groups in total. The largest absolute Gasteiger partial charge is 0.504 e. The first-order valence-corrected chi connectivity index (χ1v) is 12.9. The third-order valence-corrected chi connectivity index (χ3v) is 7.19. The highest BCUT2D eigenvalue weighted by atomic mass is 32.2. The lowest BCUT2D eigenvalue weighted by atomic mass is 10.00. The number of phenols is 2. The molecule has 38 heavy (non-hydrogen) atoms. The minimum absolute atomic E-state index is 0.111. The smallest absolute Gasteiger partial charge is 0.222 e. The van der Waals surface area contributed by atoms with E-state index in [1.807, 2.05) is 60.9 Å². The highest BCUT2D eigenvalue weighted by Gasteiger charge is 2.30. The summed E-state index contributed by atoms with van der Waals surface area (Å²) >= 11 is 1.46. The first-order valence-electron chi connectivity index (χ1n) is 12.1. The summed E-state index contributed by atoms with van der Waals surface area (Å²) in [4.78, 5) is 19.5. The number of hydrogen-bond donors (Lipinski definition) is 3. The fourth-order valence-electron chi connectivity index (χ4n) is 4.40. The molecule has 5 rings (SSSR count). The van der Waals surface area contributed by atoms with Crippen molar-refractivity contribution in [1.82, 2.24) is 20.1 Å². The fourth-order valence-corrected chi connectivity index (χ4v) is 5.25. The van der Waals surface area contributed by atoms with Gasteiger partial charge in [-0.05, 0) is 62.4 Å². The van der Waals surface area contributed by atoms with Gasteiger partial charge in [0.15, 0.2) is 17.3 Å². The minimum atomic E-state index is -0.537. The molecule has 4 aromatic rings. The summed E-state index contributed by atoms with van der Waals surface area (Å²) in [6.45, 7) is 4.29. The van der Waals surface area contributed by atoms with Crippen molar-refractivity contribution < 1.29 is 19.7 Å². The van der Waals surface area contributed by atoms with E-state index in [0.29, 0.717) is 23.9 Å². The van der Waals surface area contributed by atoms with E-state index in [4.69, 9.17) is 9.73 Å². The monoisotopic (exact) mass is 529 g/mol. The molecular formula is C28H27N5O4S. The number of phenolic OH excluding ortho intramolecular Hbond substituents is 2. The van der Waals surface area contributed by atoms with E-state index >= 15 is 0 Å². The molecule has 0 bridgehead atoms. The number of benzene rings is 3. The average Bonchev–Trinajstić information content (AvgIpc) is 3.23. The third-order valence-electron chi connectivity index (χ3n) is 6.20. The van der Waals surface area contributed by atoms with Gasteiger partial charge < -0.3 is 20.3 Å². The Morgan fingerprint density at radius 2 is 1.79 bits per heavy atom. The van der Waals surface area contributed by atoms with Crippen molar-refractivity contribution in [2.24, 2.45) is 4.99 Å². The SMILES string of the molecule is CCNC(=O)C[C@@H]1N=C(c2ccc(Sc3ccc(O)c(O)c3)cc2)c2cc(OC)ccc2-n2c(C)nnc21. The number of carbonyl (C=O) groups is 1. The maximum absolute atomic E-state index is 12.6. The van der Waals surface area contributed by atoms with Crippen molar-refractivity contribution in [1.29, 1.82) is 0 Å². The molecule has 0 fully saturated rings. The molecule has 1 aromatic heterocycles. The molecule has 2 heterocycles.